The second kappa shape index (κ2) is 5.34. The fourth-order valence-electron chi connectivity index (χ4n) is 2.21. The van der Waals surface area contributed by atoms with Crippen LogP contribution >= 0.6 is 0 Å². The zero-order valence-electron chi connectivity index (χ0n) is 10.9. The van der Waals surface area contributed by atoms with E-state index < -0.39 is 0 Å². The number of hydrogen-bond acceptors (Lipinski definition) is 0. The van der Waals surface area contributed by atoms with Crippen molar-refractivity contribution in [1.29, 1.82) is 0 Å². The zero-order valence-corrected chi connectivity index (χ0v) is 10.9. The maximum atomic E-state index is 13.7. The van der Waals surface area contributed by atoms with Gasteiger partial charge in [-0.1, -0.05) is 72.2 Å². The number of benzene rings is 3. The lowest BCUT2D eigenvalue weighted by atomic mass is 9.93. The van der Waals surface area contributed by atoms with Crippen LogP contribution in [0.2, 0.25) is 0 Å². The Morgan fingerprint density at radius 2 is 1.10 bits per heavy atom. The normalized spacial score (nSPS) is 10.4. The summed E-state index contributed by atoms with van der Waals surface area (Å²) in [6.07, 6.45) is 0. The molecule has 0 aliphatic rings. The summed E-state index contributed by atoms with van der Waals surface area (Å²) in [6, 6.07) is 22.4. The lowest BCUT2D eigenvalue weighted by molar-refractivity contribution is 0.631. The standard InChI is InChI=1S/C18H12BF/c19-16-11-9-14(10-12-16)13-5-7-15(8-6-13)17-3-1-2-4-18(17)20/h1-12H. The Balaban J connectivity index is 1.96. The summed E-state index contributed by atoms with van der Waals surface area (Å²) in [6.45, 7) is 0. The summed E-state index contributed by atoms with van der Waals surface area (Å²) in [7, 11) is 5.68. The molecule has 3 aromatic carbocycles. The van der Waals surface area contributed by atoms with Crippen LogP contribution in [-0.2, 0) is 0 Å². The molecule has 3 rings (SSSR count). The Morgan fingerprint density at radius 3 is 1.70 bits per heavy atom. The van der Waals surface area contributed by atoms with E-state index in [4.69, 9.17) is 7.85 Å². The van der Waals surface area contributed by atoms with Gasteiger partial charge in [0, 0.05) is 5.56 Å². The maximum Gasteiger partial charge on any atom is 0.131 e. The van der Waals surface area contributed by atoms with E-state index in [1.165, 1.54) is 6.07 Å². The number of hydrogen-bond donors (Lipinski definition) is 0. The van der Waals surface area contributed by atoms with Crippen LogP contribution in [0.3, 0.4) is 0 Å². The first-order valence-corrected chi connectivity index (χ1v) is 6.45. The highest BCUT2D eigenvalue weighted by Crippen LogP contribution is 2.26. The lowest BCUT2D eigenvalue weighted by Gasteiger charge is -2.06. The van der Waals surface area contributed by atoms with E-state index in [-0.39, 0.29) is 5.82 Å². The van der Waals surface area contributed by atoms with E-state index >= 15 is 0 Å². The van der Waals surface area contributed by atoms with Gasteiger partial charge in [-0.05, 0) is 22.8 Å². The van der Waals surface area contributed by atoms with Crippen molar-refractivity contribution in [3.05, 3.63) is 78.6 Å². The van der Waals surface area contributed by atoms with Gasteiger partial charge in [0.2, 0.25) is 0 Å². The van der Waals surface area contributed by atoms with Crippen LogP contribution in [0.15, 0.2) is 72.8 Å². The van der Waals surface area contributed by atoms with Crippen molar-refractivity contribution in [2.75, 3.05) is 0 Å². The number of rotatable bonds is 2. The third-order valence-electron chi connectivity index (χ3n) is 3.31. The summed E-state index contributed by atoms with van der Waals surface area (Å²) >= 11 is 0. The summed E-state index contributed by atoms with van der Waals surface area (Å²) in [5.41, 5.74) is 4.43. The summed E-state index contributed by atoms with van der Waals surface area (Å²) in [5, 5.41) is 0. The molecule has 0 spiro atoms. The van der Waals surface area contributed by atoms with E-state index in [0.29, 0.717) is 5.56 Å². The van der Waals surface area contributed by atoms with Gasteiger partial charge >= 0.3 is 0 Å². The van der Waals surface area contributed by atoms with Gasteiger partial charge < -0.3 is 0 Å². The van der Waals surface area contributed by atoms with Crippen molar-refractivity contribution in [2.24, 2.45) is 0 Å². The third-order valence-corrected chi connectivity index (χ3v) is 3.31. The Hall–Kier alpha value is -2.35. The van der Waals surface area contributed by atoms with Gasteiger partial charge in [-0.3, -0.25) is 0 Å². The summed E-state index contributed by atoms with van der Waals surface area (Å²) in [4.78, 5) is 0. The second-order valence-corrected chi connectivity index (χ2v) is 4.68. The van der Waals surface area contributed by atoms with E-state index in [1.54, 1.807) is 12.1 Å². The highest BCUT2D eigenvalue weighted by atomic mass is 19.1. The molecule has 0 aliphatic carbocycles. The van der Waals surface area contributed by atoms with Crippen LogP contribution in [0.5, 0.6) is 0 Å². The zero-order chi connectivity index (χ0) is 13.9. The smallest absolute Gasteiger partial charge is 0.131 e. The monoisotopic (exact) mass is 258 g/mol. The van der Waals surface area contributed by atoms with Gasteiger partial charge in [0.1, 0.15) is 13.7 Å². The van der Waals surface area contributed by atoms with E-state index in [0.717, 1.165) is 22.2 Å². The molecule has 0 bridgehead atoms. The van der Waals surface area contributed by atoms with E-state index in [2.05, 4.69) is 0 Å². The van der Waals surface area contributed by atoms with Crippen LogP contribution in [0.25, 0.3) is 22.3 Å². The summed E-state index contributed by atoms with van der Waals surface area (Å²) < 4.78 is 13.7. The highest BCUT2D eigenvalue weighted by molar-refractivity contribution is 6.32. The lowest BCUT2D eigenvalue weighted by Crippen LogP contribution is -1.99. The van der Waals surface area contributed by atoms with Crippen molar-refractivity contribution in [2.45, 2.75) is 0 Å². The van der Waals surface area contributed by atoms with Gasteiger partial charge in [-0.25, -0.2) is 4.39 Å². The molecular weight excluding hydrogens is 246 g/mol. The molecule has 0 heterocycles. The first-order valence-electron chi connectivity index (χ1n) is 6.45. The number of halogens is 1. The van der Waals surface area contributed by atoms with Crippen molar-refractivity contribution in [3.63, 3.8) is 0 Å². The minimum Gasteiger partial charge on any atom is -0.206 e. The Kier molecular flexibility index (Phi) is 3.38. The predicted octanol–water partition coefficient (Wildman–Crippen LogP) is 3.95. The van der Waals surface area contributed by atoms with Crippen LogP contribution in [0, 0.1) is 5.82 Å². The SMILES string of the molecule is [B]c1ccc(-c2ccc(-c3ccccc3F)cc2)cc1. The predicted molar refractivity (Wildman–Crippen MR) is 82.7 cm³/mol. The molecule has 0 nitrogen and oxygen atoms in total. The van der Waals surface area contributed by atoms with E-state index in [9.17, 15) is 4.39 Å². The molecule has 0 fully saturated rings. The largest absolute Gasteiger partial charge is 0.206 e. The highest BCUT2D eigenvalue weighted by Gasteiger charge is 2.04. The van der Waals surface area contributed by atoms with Crippen LogP contribution in [-0.4, -0.2) is 7.85 Å². The Morgan fingerprint density at radius 1 is 0.600 bits per heavy atom. The molecule has 0 saturated carbocycles. The quantitative estimate of drug-likeness (QED) is 0.610. The van der Waals surface area contributed by atoms with Crippen LogP contribution < -0.4 is 5.46 Å². The molecule has 0 aliphatic heterocycles. The fourth-order valence-corrected chi connectivity index (χ4v) is 2.21. The molecule has 20 heavy (non-hydrogen) atoms. The second-order valence-electron chi connectivity index (χ2n) is 4.68. The average Bonchev–Trinajstić information content (AvgIpc) is 2.49. The first kappa shape index (κ1) is 12.7. The van der Waals surface area contributed by atoms with Crippen molar-refractivity contribution >= 4 is 13.3 Å². The topological polar surface area (TPSA) is 0 Å². The third kappa shape index (κ3) is 2.50. The Bertz CT molecular complexity index is 715. The summed E-state index contributed by atoms with van der Waals surface area (Å²) in [5.74, 6) is -0.201. The molecule has 0 N–H and O–H groups in total. The average molecular weight is 258 g/mol. The molecule has 0 atom stereocenters. The first-order chi connectivity index (χ1) is 9.74. The molecule has 0 saturated heterocycles. The Labute approximate surface area is 119 Å². The molecule has 0 unspecified atom stereocenters. The minimum atomic E-state index is -0.201. The van der Waals surface area contributed by atoms with E-state index in [1.807, 2.05) is 54.6 Å². The van der Waals surface area contributed by atoms with Gasteiger partial charge in [0.15, 0.2) is 0 Å². The maximum absolute atomic E-state index is 13.7. The molecule has 94 valence electrons. The fraction of sp³-hybridized carbons (Fsp3) is 0. The molecule has 0 amide bonds. The molecule has 2 radical (unpaired) electrons. The van der Waals surface area contributed by atoms with Crippen molar-refractivity contribution in [3.8, 4) is 22.3 Å². The van der Waals surface area contributed by atoms with Gasteiger partial charge in [-0.15, -0.1) is 0 Å². The van der Waals surface area contributed by atoms with Crippen LogP contribution in [0.4, 0.5) is 4.39 Å². The van der Waals surface area contributed by atoms with Gasteiger partial charge in [0.05, 0.1) is 0 Å². The minimum absolute atomic E-state index is 0.201. The molecular formula is C18H12BF. The molecule has 3 aromatic rings. The van der Waals surface area contributed by atoms with Crippen LogP contribution in [0.1, 0.15) is 0 Å². The van der Waals surface area contributed by atoms with Crippen molar-refractivity contribution < 1.29 is 4.39 Å². The van der Waals surface area contributed by atoms with Crippen molar-refractivity contribution in [1.82, 2.24) is 0 Å². The van der Waals surface area contributed by atoms with Gasteiger partial charge in [-0.2, -0.15) is 0 Å². The van der Waals surface area contributed by atoms with Gasteiger partial charge in [0.25, 0.3) is 0 Å². The molecule has 2 heteroatoms. The molecule has 0 aromatic heterocycles.